The largest absolute Gasteiger partial charge is 0.396 e. The van der Waals surface area contributed by atoms with Crippen molar-refractivity contribution in [1.29, 1.82) is 0 Å². The van der Waals surface area contributed by atoms with Crippen LogP contribution < -0.4 is 0 Å². The van der Waals surface area contributed by atoms with Crippen molar-refractivity contribution in [2.45, 2.75) is 26.2 Å². The van der Waals surface area contributed by atoms with E-state index in [4.69, 9.17) is 5.11 Å². The molecule has 12 heavy (non-hydrogen) atoms. The average Bonchev–Trinajstić information content (AvgIpc) is 2.12. The quantitative estimate of drug-likeness (QED) is 0.615. The monoisotopic (exact) mass is 169 g/mol. The van der Waals surface area contributed by atoms with Gasteiger partial charge in [-0.1, -0.05) is 20.4 Å². The third kappa shape index (κ3) is 2.78. The number of carbonyl (C=O) groups is 1. The summed E-state index contributed by atoms with van der Waals surface area (Å²) in [5, 5.41) is 8.62. The lowest BCUT2D eigenvalue weighted by Crippen LogP contribution is -2.25. The molecule has 1 radical (unpaired) electrons. The Morgan fingerprint density at radius 2 is 2.25 bits per heavy atom. The van der Waals surface area contributed by atoms with Crippen LogP contribution in [0.1, 0.15) is 26.2 Å². The van der Waals surface area contributed by atoms with Crippen molar-refractivity contribution in [2.75, 3.05) is 6.61 Å². The summed E-state index contributed by atoms with van der Waals surface area (Å²) in [6.45, 7) is 9.16. The average molecular weight is 169 g/mol. The molecule has 0 amide bonds. The first kappa shape index (κ1) is 11.4. The van der Waals surface area contributed by atoms with Crippen molar-refractivity contribution in [2.24, 2.45) is 5.41 Å². The Labute approximate surface area is 74.3 Å². The summed E-state index contributed by atoms with van der Waals surface area (Å²) in [5.41, 5.74) is -0.426. The first-order valence-electron chi connectivity index (χ1n) is 4.17. The second-order valence-electron chi connectivity index (χ2n) is 3.21. The van der Waals surface area contributed by atoms with E-state index in [0.717, 1.165) is 0 Å². The molecule has 0 fully saturated rings. The van der Waals surface area contributed by atoms with Crippen LogP contribution in [0.2, 0.25) is 0 Å². The molecule has 2 heteroatoms. The maximum atomic E-state index is 11.3. The highest BCUT2D eigenvalue weighted by atomic mass is 16.2. The minimum absolute atomic E-state index is 0.0194. The maximum absolute atomic E-state index is 11.3. The van der Waals surface area contributed by atoms with Crippen LogP contribution in [0.4, 0.5) is 0 Å². The molecule has 0 heterocycles. The van der Waals surface area contributed by atoms with Crippen LogP contribution in [0.25, 0.3) is 0 Å². The lowest BCUT2D eigenvalue weighted by molar-refractivity contribution is -0.123. The second kappa shape index (κ2) is 5.09. The van der Waals surface area contributed by atoms with Gasteiger partial charge in [0.15, 0.2) is 5.78 Å². The molecule has 0 aromatic heterocycles. The summed E-state index contributed by atoms with van der Waals surface area (Å²) in [6, 6.07) is 0. The lowest BCUT2D eigenvalue weighted by Gasteiger charge is -2.24. The number of rotatable bonds is 6. The van der Waals surface area contributed by atoms with Crippen molar-refractivity contribution in [3.63, 3.8) is 0 Å². The molecule has 0 aromatic carbocycles. The molecule has 0 aromatic rings. The first-order valence-corrected chi connectivity index (χ1v) is 4.17. The van der Waals surface area contributed by atoms with Crippen molar-refractivity contribution >= 4 is 5.78 Å². The normalized spacial score (nSPS) is 15.2. The molecule has 0 rings (SSSR count). The van der Waals surface area contributed by atoms with Gasteiger partial charge in [0.1, 0.15) is 0 Å². The Balaban J connectivity index is 4.22. The van der Waals surface area contributed by atoms with Crippen LogP contribution in [-0.2, 0) is 4.79 Å². The van der Waals surface area contributed by atoms with Crippen molar-refractivity contribution in [3.8, 4) is 0 Å². The molecule has 0 bridgehead atoms. The van der Waals surface area contributed by atoms with E-state index in [2.05, 4.69) is 13.5 Å². The third-order valence-electron chi connectivity index (χ3n) is 2.22. The molecule has 0 spiro atoms. The number of hydrogen-bond donors (Lipinski definition) is 1. The van der Waals surface area contributed by atoms with Gasteiger partial charge in [0.25, 0.3) is 0 Å². The first-order chi connectivity index (χ1) is 5.60. The van der Waals surface area contributed by atoms with Gasteiger partial charge in [-0.15, -0.1) is 0 Å². The van der Waals surface area contributed by atoms with Crippen molar-refractivity contribution in [1.82, 2.24) is 0 Å². The van der Waals surface area contributed by atoms with Gasteiger partial charge in [0, 0.05) is 12.0 Å². The summed E-state index contributed by atoms with van der Waals surface area (Å²) >= 11 is 0. The highest BCUT2D eigenvalue weighted by Crippen LogP contribution is 2.28. The number of ketones is 1. The molecule has 0 saturated heterocycles. The summed E-state index contributed by atoms with van der Waals surface area (Å²) in [7, 11) is 0. The van der Waals surface area contributed by atoms with Crippen LogP contribution in [0.5, 0.6) is 0 Å². The molecule has 0 saturated carbocycles. The molecular formula is C10H17O2. The Kier molecular flexibility index (Phi) is 4.83. The fraction of sp³-hybridized carbons (Fsp3) is 0.600. The molecule has 0 aliphatic rings. The van der Waals surface area contributed by atoms with Gasteiger partial charge in [0.05, 0.1) is 0 Å². The van der Waals surface area contributed by atoms with E-state index >= 15 is 0 Å². The Bertz CT molecular complexity index is 163. The van der Waals surface area contributed by atoms with Gasteiger partial charge in [0.2, 0.25) is 0 Å². The van der Waals surface area contributed by atoms with Crippen molar-refractivity contribution in [3.05, 3.63) is 19.6 Å². The summed E-state index contributed by atoms with van der Waals surface area (Å²) < 4.78 is 0. The van der Waals surface area contributed by atoms with Crippen LogP contribution >= 0.6 is 0 Å². The van der Waals surface area contributed by atoms with E-state index in [-0.39, 0.29) is 12.4 Å². The molecule has 0 aliphatic heterocycles. The zero-order chi connectivity index (χ0) is 9.61. The SMILES string of the molecule is [CH2]CC(C)(CCCO)C(=O)C=C. The van der Waals surface area contributed by atoms with Gasteiger partial charge in [-0.05, 0) is 25.3 Å². The Hall–Kier alpha value is -0.630. The van der Waals surface area contributed by atoms with E-state index in [1.54, 1.807) is 0 Å². The van der Waals surface area contributed by atoms with Gasteiger partial charge in [-0.2, -0.15) is 0 Å². The zero-order valence-electron chi connectivity index (χ0n) is 7.68. The molecule has 1 atom stereocenters. The molecule has 0 aliphatic carbocycles. The smallest absolute Gasteiger partial charge is 0.160 e. The molecule has 69 valence electrons. The van der Waals surface area contributed by atoms with E-state index in [9.17, 15) is 4.79 Å². The van der Waals surface area contributed by atoms with Gasteiger partial charge in [-0.3, -0.25) is 4.79 Å². The van der Waals surface area contributed by atoms with Crippen LogP contribution in [0, 0.1) is 12.3 Å². The van der Waals surface area contributed by atoms with E-state index < -0.39 is 5.41 Å². The summed E-state index contributed by atoms with van der Waals surface area (Å²) in [5.74, 6) is 0.0194. The maximum Gasteiger partial charge on any atom is 0.160 e. The van der Waals surface area contributed by atoms with E-state index in [0.29, 0.717) is 19.3 Å². The predicted octanol–water partition coefficient (Wildman–Crippen LogP) is 1.74. The summed E-state index contributed by atoms with van der Waals surface area (Å²) in [6.07, 6.45) is 3.21. The van der Waals surface area contributed by atoms with Crippen molar-refractivity contribution < 1.29 is 9.90 Å². The fourth-order valence-electron chi connectivity index (χ4n) is 1.09. The van der Waals surface area contributed by atoms with Gasteiger partial charge < -0.3 is 5.11 Å². The van der Waals surface area contributed by atoms with Gasteiger partial charge >= 0.3 is 0 Å². The van der Waals surface area contributed by atoms with E-state index in [1.807, 2.05) is 6.92 Å². The minimum atomic E-state index is -0.426. The molecule has 2 nitrogen and oxygen atoms in total. The second-order valence-corrected chi connectivity index (χ2v) is 3.21. The fourth-order valence-corrected chi connectivity index (χ4v) is 1.09. The number of aliphatic hydroxyl groups excluding tert-OH is 1. The Morgan fingerprint density at radius 3 is 2.58 bits per heavy atom. The number of carbonyl (C=O) groups excluding carboxylic acids is 1. The highest BCUT2D eigenvalue weighted by Gasteiger charge is 2.27. The van der Waals surface area contributed by atoms with Crippen LogP contribution in [-0.4, -0.2) is 17.5 Å². The topological polar surface area (TPSA) is 37.3 Å². The highest BCUT2D eigenvalue weighted by molar-refractivity contribution is 5.94. The minimum Gasteiger partial charge on any atom is -0.396 e. The molecule has 1 unspecified atom stereocenters. The Morgan fingerprint density at radius 1 is 1.67 bits per heavy atom. The number of allylic oxidation sites excluding steroid dienone is 1. The lowest BCUT2D eigenvalue weighted by atomic mass is 9.79. The van der Waals surface area contributed by atoms with E-state index in [1.165, 1.54) is 6.08 Å². The number of hydrogen-bond acceptors (Lipinski definition) is 2. The molecular weight excluding hydrogens is 152 g/mol. The van der Waals surface area contributed by atoms with Gasteiger partial charge in [-0.25, -0.2) is 0 Å². The standard InChI is InChI=1S/C10H17O2/c1-4-9(12)10(3,5-2)7-6-8-11/h4,11H,1-2,5-8H2,3H3. The van der Waals surface area contributed by atoms with Crippen LogP contribution in [0.3, 0.4) is 0 Å². The predicted molar refractivity (Wildman–Crippen MR) is 49.6 cm³/mol. The summed E-state index contributed by atoms with van der Waals surface area (Å²) in [4.78, 5) is 11.3. The molecule has 1 N–H and O–H groups in total. The van der Waals surface area contributed by atoms with Crippen LogP contribution in [0.15, 0.2) is 12.7 Å². The zero-order valence-corrected chi connectivity index (χ0v) is 7.68. The number of aliphatic hydroxyl groups is 1. The third-order valence-corrected chi connectivity index (χ3v) is 2.22.